The van der Waals surface area contributed by atoms with Crippen LogP contribution in [-0.4, -0.2) is 51.4 Å². The van der Waals surface area contributed by atoms with Crippen LogP contribution in [0.25, 0.3) is 0 Å². The molecular formula is C30H33ClN4O4. The van der Waals surface area contributed by atoms with Gasteiger partial charge in [0.2, 0.25) is 17.7 Å². The Bertz CT molecular complexity index is 1300. The van der Waals surface area contributed by atoms with E-state index in [2.05, 4.69) is 29.5 Å². The highest BCUT2D eigenvalue weighted by molar-refractivity contribution is 6.30. The first-order valence-electron chi connectivity index (χ1n) is 13.7. The molecule has 0 radical (unpaired) electrons. The van der Waals surface area contributed by atoms with Gasteiger partial charge in [-0.25, -0.2) is 0 Å². The summed E-state index contributed by atoms with van der Waals surface area (Å²) in [5, 5.41) is 6.76. The zero-order valence-corrected chi connectivity index (χ0v) is 22.8. The second kappa shape index (κ2) is 10.1. The lowest BCUT2D eigenvalue weighted by Crippen LogP contribution is -2.57. The molecule has 1 saturated carbocycles. The van der Waals surface area contributed by atoms with Crippen molar-refractivity contribution in [2.75, 3.05) is 5.32 Å². The minimum atomic E-state index is -1.21. The number of halogens is 1. The van der Waals surface area contributed by atoms with Gasteiger partial charge in [-0.05, 0) is 54.2 Å². The first kappa shape index (κ1) is 26.0. The van der Waals surface area contributed by atoms with Gasteiger partial charge in [-0.15, -0.1) is 0 Å². The largest absolute Gasteiger partial charge is 0.359 e. The van der Waals surface area contributed by atoms with E-state index >= 15 is 0 Å². The maximum atomic E-state index is 14.1. The number of likely N-dealkylation sites (tertiary alicyclic amines) is 1. The Labute approximate surface area is 233 Å². The molecule has 6 rings (SSSR count). The van der Waals surface area contributed by atoms with E-state index < -0.39 is 29.6 Å². The van der Waals surface area contributed by atoms with E-state index in [0.29, 0.717) is 22.5 Å². The van der Waals surface area contributed by atoms with Gasteiger partial charge < -0.3 is 20.3 Å². The van der Waals surface area contributed by atoms with E-state index in [9.17, 15) is 14.4 Å². The van der Waals surface area contributed by atoms with E-state index in [1.807, 2.05) is 18.2 Å². The first-order valence-corrected chi connectivity index (χ1v) is 14.1. The highest BCUT2D eigenvalue weighted by Gasteiger charge is 2.72. The van der Waals surface area contributed by atoms with Crippen molar-refractivity contribution in [3.05, 3.63) is 71.5 Å². The van der Waals surface area contributed by atoms with Gasteiger partial charge in [0.15, 0.2) is 0 Å². The summed E-state index contributed by atoms with van der Waals surface area (Å²) in [5.41, 5.74) is 0.178. The number of amides is 3. The molecule has 2 saturated heterocycles. The van der Waals surface area contributed by atoms with Crippen LogP contribution in [0, 0.1) is 23.7 Å². The van der Waals surface area contributed by atoms with Crippen molar-refractivity contribution in [3.63, 3.8) is 0 Å². The normalized spacial score (nSPS) is 34.7. The summed E-state index contributed by atoms with van der Waals surface area (Å²) in [4.78, 5) is 47.6. The molecule has 1 aromatic heterocycles. The number of nitrogens with one attached hydrogen (secondary N) is 2. The monoisotopic (exact) mass is 548 g/mol. The van der Waals surface area contributed by atoms with Crippen molar-refractivity contribution >= 4 is 35.0 Å². The van der Waals surface area contributed by atoms with E-state index in [1.54, 1.807) is 47.6 Å². The van der Waals surface area contributed by atoms with Gasteiger partial charge in [0.1, 0.15) is 11.6 Å². The Hall–Kier alpha value is -3.23. The number of anilines is 1. The minimum absolute atomic E-state index is 0.0265. The highest BCUT2D eigenvalue weighted by atomic mass is 35.5. The molecule has 3 fully saturated rings. The van der Waals surface area contributed by atoms with Crippen molar-refractivity contribution in [1.29, 1.82) is 0 Å². The first-order chi connectivity index (χ1) is 18.8. The molecule has 2 aromatic rings. The number of carbonyl (C=O) groups is 3. The SMILES string of the molecule is CC1CCCC(NC(=O)C2N(Cc3cccnc3)C(=O)C3C(C(=O)Nc4ccc(Cl)cc4)C4C=CC32O4)C1C. The molecule has 39 heavy (non-hydrogen) atoms. The summed E-state index contributed by atoms with van der Waals surface area (Å²) in [6, 6.07) is 9.64. The van der Waals surface area contributed by atoms with Crippen LogP contribution in [0.5, 0.6) is 0 Å². The van der Waals surface area contributed by atoms with Gasteiger partial charge in [0.05, 0.1) is 17.9 Å². The number of hydrogen-bond acceptors (Lipinski definition) is 5. The second-order valence-electron chi connectivity index (χ2n) is 11.4. The fourth-order valence-corrected chi connectivity index (χ4v) is 7.06. The van der Waals surface area contributed by atoms with E-state index in [0.717, 1.165) is 24.8 Å². The lowest BCUT2D eigenvalue weighted by atomic mass is 9.73. The van der Waals surface area contributed by atoms with Crippen molar-refractivity contribution in [2.24, 2.45) is 23.7 Å². The Morgan fingerprint density at radius 1 is 1.15 bits per heavy atom. The van der Waals surface area contributed by atoms with Crippen LogP contribution < -0.4 is 10.6 Å². The number of pyridine rings is 1. The Balaban J connectivity index is 1.32. The highest BCUT2D eigenvalue weighted by Crippen LogP contribution is 2.55. The molecule has 1 aliphatic carbocycles. The Kier molecular flexibility index (Phi) is 6.71. The summed E-state index contributed by atoms with van der Waals surface area (Å²) in [5.74, 6) is -1.54. The number of rotatable bonds is 6. The predicted molar refractivity (Wildman–Crippen MR) is 146 cm³/mol. The zero-order chi connectivity index (χ0) is 27.3. The molecule has 1 aromatic carbocycles. The maximum Gasteiger partial charge on any atom is 0.246 e. The van der Waals surface area contributed by atoms with E-state index in [1.165, 1.54) is 0 Å². The number of hydrogen-bond donors (Lipinski definition) is 2. The van der Waals surface area contributed by atoms with E-state index in [-0.39, 0.29) is 30.3 Å². The van der Waals surface area contributed by atoms with Crippen molar-refractivity contribution in [2.45, 2.75) is 63.4 Å². The minimum Gasteiger partial charge on any atom is -0.359 e. The Morgan fingerprint density at radius 2 is 1.95 bits per heavy atom. The smallest absolute Gasteiger partial charge is 0.246 e. The molecule has 8 atom stereocenters. The summed E-state index contributed by atoms with van der Waals surface area (Å²) in [7, 11) is 0. The summed E-state index contributed by atoms with van der Waals surface area (Å²) in [6.45, 7) is 4.60. The number of benzene rings is 1. The fraction of sp³-hybridized carbons (Fsp3) is 0.467. The molecule has 204 valence electrons. The van der Waals surface area contributed by atoms with Crippen LogP contribution in [0.1, 0.15) is 38.7 Å². The topological polar surface area (TPSA) is 101 Å². The number of aromatic nitrogens is 1. The number of ether oxygens (including phenoxy) is 1. The molecule has 1 spiro atoms. The molecule has 4 aliphatic rings. The van der Waals surface area contributed by atoms with Gasteiger partial charge in [-0.3, -0.25) is 19.4 Å². The standard InChI is InChI=1S/C30H33ClN4O4/c1-17-5-3-7-22(18(17)2)34-28(37)26-30-13-12-23(39-30)24(27(36)33-21-10-8-20(31)9-11-21)25(30)29(38)35(26)16-19-6-4-14-32-15-19/h4,6,8-15,17-18,22-26H,3,5,7,16H2,1-2H3,(H,33,36)(H,34,37). The van der Waals surface area contributed by atoms with Crippen molar-refractivity contribution in [1.82, 2.24) is 15.2 Å². The third kappa shape index (κ3) is 4.43. The molecule has 3 amide bonds. The van der Waals surface area contributed by atoms with Crippen LogP contribution >= 0.6 is 11.6 Å². The summed E-state index contributed by atoms with van der Waals surface area (Å²) in [6.07, 6.45) is 9.55. The molecule has 8 nitrogen and oxygen atoms in total. The molecule has 2 N–H and O–H groups in total. The summed E-state index contributed by atoms with van der Waals surface area (Å²) >= 11 is 6.00. The van der Waals surface area contributed by atoms with Crippen LogP contribution in [0.3, 0.4) is 0 Å². The van der Waals surface area contributed by atoms with Gasteiger partial charge in [0, 0.05) is 35.7 Å². The van der Waals surface area contributed by atoms with Gasteiger partial charge >= 0.3 is 0 Å². The molecule has 4 heterocycles. The maximum absolute atomic E-state index is 14.1. The summed E-state index contributed by atoms with van der Waals surface area (Å²) < 4.78 is 6.45. The molecule has 3 aliphatic heterocycles. The molecular weight excluding hydrogens is 516 g/mol. The number of nitrogens with zero attached hydrogens (tertiary/aromatic N) is 2. The molecule has 9 heteroatoms. The third-order valence-corrected chi connectivity index (χ3v) is 9.40. The fourth-order valence-electron chi connectivity index (χ4n) is 6.93. The third-order valence-electron chi connectivity index (χ3n) is 9.15. The van der Waals surface area contributed by atoms with E-state index in [4.69, 9.17) is 16.3 Å². The number of fused-ring (bicyclic) bond motifs is 1. The second-order valence-corrected chi connectivity index (χ2v) is 11.8. The molecule has 2 bridgehead atoms. The average Bonchev–Trinajstić information content (AvgIpc) is 3.56. The zero-order valence-electron chi connectivity index (χ0n) is 22.0. The lowest BCUT2D eigenvalue weighted by molar-refractivity contribution is -0.142. The van der Waals surface area contributed by atoms with Crippen molar-refractivity contribution < 1.29 is 19.1 Å². The lowest BCUT2D eigenvalue weighted by Gasteiger charge is -2.38. The predicted octanol–water partition coefficient (Wildman–Crippen LogP) is 3.97. The van der Waals surface area contributed by atoms with Gasteiger partial charge in [-0.2, -0.15) is 0 Å². The van der Waals surface area contributed by atoms with Crippen LogP contribution in [0.15, 0.2) is 60.9 Å². The van der Waals surface area contributed by atoms with Crippen LogP contribution in [0.4, 0.5) is 5.69 Å². The van der Waals surface area contributed by atoms with Crippen LogP contribution in [-0.2, 0) is 25.7 Å². The van der Waals surface area contributed by atoms with Crippen molar-refractivity contribution in [3.8, 4) is 0 Å². The Morgan fingerprint density at radius 3 is 2.69 bits per heavy atom. The molecule has 8 unspecified atom stereocenters. The van der Waals surface area contributed by atoms with Gasteiger partial charge in [0.25, 0.3) is 0 Å². The quantitative estimate of drug-likeness (QED) is 0.532. The number of carbonyl (C=O) groups excluding carboxylic acids is 3. The van der Waals surface area contributed by atoms with Gasteiger partial charge in [-0.1, -0.05) is 56.5 Å². The average molecular weight is 549 g/mol. The van der Waals surface area contributed by atoms with Crippen LogP contribution in [0.2, 0.25) is 5.02 Å².